The molecule has 2 aliphatic heterocycles. The van der Waals surface area contributed by atoms with Gasteiger partial charge in [0.2, 0.25) is 0 Å². The third-order valence-corrected chi connectivity index (χ3v) is 5.22. The van der Waals surface area contributed by atoms with Crippen molar-refractivity contribution in [2.24, 2.45) is 10.9 Å². The Morgan fingerprint density at radius 2 is 2.24 bits per heavy atom. The number of halogens is 1. The van der Waals surface area contributed by atoms with Gasteiger partial charge in [-0.2, -0.15) is 0 Å². The first kappa shape index (κ1) is 16.4. The van der Waals surface area contributed by atoms with Crippen LogP contribution < -0.4 is 5.32 Å². The summed E-state index contributed by atoms with van der Waals surface area (Å²) in [4.78, 5) is 14.7. The van der Waals surface area contributed by atoms with Gasteiger partial charge in [-0.05, 0) is 25.9 Å². The Labute approximate surface area is 124 Å². The minimum Gasteiger partial charge on any atom is -0.387 e. The number of aliphatic imine (C=N–C) groups is 1. The van der Waals surface area contributed by atoms with Crippen LogP contribution in [0.15, 0.2) is 17.3 Å². The number of carbonyl (C=O) groups is 1. The molecule has 0 radical (unpaired) electrons. The highest BCUT2D eigenvalue weighted by Gasteiger charge is 2.48. The van der Waals surface area contributed by atoms with Crippen molar-refractivity contribution in [1.29, 1.82) is 0 Å². The fraction of sp³-hybridized carbons (Fsp3) is 0.643. The lowest BCUT2D eigenvalue weighted by atomic mass is 9.94. The molecule has 1 unspecified atom stereocenters. The third kappa shape index (κ3) is 3.82. The van der Waals surface area contributed by atoms with Crippen molar-refractivity contribution in [2.75, 3.05) is 19.5 Å². The maximum Gasteiger partial charge on any atom is 0.344 e. The third-order valence-electron chi connectivity index (χ3n) is 3.75. The molecule has 0 spiro atoms. The van der Waals surface area contributed by atoms with Crippen molar-refractivity contribution in [2.45, 2.75) is 30.9 Å². The highest BCUT2D eigenvalue weighted by Crippen LogP contribution is 2.39. The van der Waals surface area contributed by atoms with Crippen LogP contribution in [0.5, 0.6) is 0 Å². The minimum atomic E-state index is -1.52. The number of hydrogen-bond donors (Lipinski definition) is 2. The van der Waals surface area contributed by atoms with E-state index in [1.54, 1.807) is 0 Å². The number of ether oxygens (including phenoxy) is 1. The van der Waals surface area contributed by atoms with Crippen LogP contribution in [0, 0.1) is 5.92 Å². The molecule has 5 nitrogen and oxygen atoms in total. The molecule has 0 aliphatic carbocycles. The van der Waals surface area contributed by atoms with E-state index in [0.29, 0.717) is 12.1 Å². The summed E-state index contributed by atoms with van der Waals surface area (Å²) in [5.74, 6) is -0.556. The number of rotatable bonds is 4. The Bertz CT molecular complexity index is 516. The van der Waals surface area contributed by atoms with Crippen LogP contribution in [-0.2, 0) is 4.74 Å². The number of hydrogen-bond acceptors (Lipinski definition) is 3. The second-order valence-corrected chi connectivity index (χ2v) is 10.6. The smallest absolute Gasteiger partial charge is 0.344 e. The van der Waals surface area contributed by atoms with E-state index in [0.717, 1.165) is 6.16 Å². The molecule has 2 heterocycles. The molecule has 0 aromatic carbocycles. The van der Waals surface area contributed by atoms with E-state index in [4.69, 9.17) is 4.74 Å². The van der Waals surface area contributed by atoms with E-state index in [1.807, 2.05) is 0 Å². The first-order chi connectivity index (χ1) is 9.69. The van der Waals surface area contributed by atoms with Gasteiger partial charge in [0, 0.05) is 11.9 Å². The van der Waals surface area contributed by atoms with Crippen molar-refractivity contribution in [3.63, 3.8) is 0 Å². The van der Waals surface area contributed by atoms with Crippen molar-refractivity contribution >= 4 is 25.4 Å². The predicted molar refractivity (Wildman–Crippen MR) is 84.6 cm³/mol. The minimum absolute atomic E-state index is 0.348. The van der Waals surface area contributed by atoms with E-state index in [1.165, 1.54) is 6.21 Å². The van der Waals surface area contributed by atoms with Crippen LogP contribution in [0.1, 0.15) is 6.42 Å². The Morgan fingerprint density at radius 1 is 1.57 bits per heavy atom. The number of aliphatic hydroxyl groups excluding tert-OH is 1. The lowest BCUT2D eigenvalue weighted by Gasteiger charge is -2.25. The highest BCUT2D eigenvalue weighted by molar-refractivity contribution is 7.72. The van der Waals surface area contributed by atoms with Crippen LogP contribution in [0.2, 0.25) is 0 Å². The lowest BCUT2D eigenvalue weighted by Crippen LogP contribution is -2.40. The van der Waals surface area contributed by atoms with E-state index in [9.17, 15) is 14.3 Å². The van der Waals surface area contributed by atoms with Gasteiger partial charge in [-0.3, -0.25) is 0 Å². The zero-order valence-electron chi connectivity index (χ0n) is 12.3. The number of carbonyl (C=O) groups excluding carboxylic acids is 1. The zero-order chi connectivity index (χ0) is 15.8. The summed E-state index contributed by atoms with van der Waals surface area (Å²) in [7, 11) is 0. The number of nitrogens with zero attached hydrogens (tertiary/aromatic N) is 1. The summed E-state index contributed by atoms with van der Waals surface area (Å²) in [6.07, 6.45) is 2.73. The molecule has 2 aliphatic rings. The number of aliphatic hydroxyl groups is 1. The average molecular weight is 316 g/mol. The Kier molecular flexibility index (Phi) is 4.71. The van der Waals surface area contributed by atoms with Gasteiger partial charge < -0.3 is 15.2 Å². The zero-order valence-corrected chi connectivity index (χ0v) is 13.2. The van der Waals surface area contributed by atoms with Gasteiger partial charge in [0.15, 0.2) is 6.17 Å². The summed E-state index contributed by atoms with van der Waals surface area (Å²) in [6.45, 7) is 6.63. The summed E-state index contributed by atoms with van der Waals surface area (Å²) in [6, 6.07) is -0.523. The summed E-state index contributed by atoms with van der Waals surface area (Å²) in [5.41, 5.74) is 0.348. The van der Waals surface area contributed by atoms with Crippen LogP contribution >= 0.6 is 6.89 Å². The summed E-state index contributed by atoms with van der Waals surface area (Å²) >= 11 is 0. The van der Waals surface area contributed by atoms with Gasteiger partial charge in [0.1, 0.15) is 12.2 Å². The van der Waals surface area contributed by atoms with Gasteiger partial charge in [-0.25, -0.2) is 14.2 Å². The van der Waals surface area contributed by atoms with Crippen LogP contribution in [0.25, 0.3) is 0 Å². The van der Waals surface area contributed by atoms with Crippen LogP contribution in [0.3, 0.4) is 0 Å². The van der Waals surface area contributed by atoms with Crippen molar-refractivity contribution in [3.8, 4) is 0 Å². The van der Waals surface area contributed by atoms with Gasteiger partial charge in [-0.1, -0.05) is 6.58 Å². The molecule has 2 N–H and O–H groups in total. The molecule has 0 saturated carbocycles. The maximum absolute atomic E-state index is 14.3. The van der Waals surface area contributed by atoms with Crippen LogP contribution in [-0.4, -0.2) is 67.6 Å². The molecule has 21 heavy (non-hydrogen) atoms. The molecule has 2 amide bonds. The predicted octanol–water partition coefficient (Wildman–Crippen LogP) is 1.48. The topological polar surface area (TPSA) is 70.9 Å². The normalized spacial score (nSPS) is 36.9. The molecule has 1 fully saturated rings. The molecule has 2 rings (SSSR count). The summed E-state index contributed by atoms with van der Waals surface area (Å²) in [5, 5.41) is 12.5. The molecule has 5 atom stereocenters. The SMILES string of the molecule is C=C1NC(=O)N=CC1[C@@H]1O[C@H](CCP(=C)(C)C)[C@@H](O)[C@H]1F. The second kappa shape index (κ2) is 6.03. The number of nitrogens with one attached hydrogen (secondary N) is 1. The maximum atomic E-state index is 14.3. The second-order valence-electron chi connectivity index (χ2n) is 6.28. The molecule has 0 aromatic rings. The van der Waals surface area contributed by atoms with Crippen molar-refractivity contribution in [1.82, 2.24) is 5.32 Å². The molecule has 0 bridgehead atoms. The van der Waals surface area contributed by atoms with E-state index >= 15 is 0 Å². The quantitative estimate of drug-likeness (QED) is 0.772. The number of alkyl halides is 1. The van der Waals surface area contributed by atoms with Crippen molar-refractivity contribution < 1.29 is 19.0 Å². The summed E-state index contributed by atoms with van der Waals surface area (Å²) < 4.78 is 20.0. The van der Waals surface area contributed by atoms with Gasteiger partial charge in [-0.15, -0.1) is 13.2 Å². The van der Waals surface area contributed by atoms with Gasteiger partial charge >= 0.3 is 6.03 Å². The van der Waals surface area contributed by atoms with E-state index in [-0.39, 0.29) is 0 Å². The molecule has 1 saturated heterocycles. The molecule has 0 aromatic heterocycles. The number of amides is 2. The standard InChI is InChI=1S/C14H22FN2O3P/c1-8-9(7-16-14(19)17-8)13-11(15)12(18)10(20-13)5-6-21(2,3)4/h7,9-13,18H,1-2,5-6H2,3-4H3,(H,17,19)/t9?,10-,11-,12-,13+/m1/s1. The largest absolute Gasteiger partial charge is 0.387 e. The number of urea groups is 1. The molecular formula is C14H22FN2O3P. The Hall–Kier alpha value is -0.970. The average Bonchev–Trinajstić information content (AvgIpc) is 2.64. The van der Waals surface area contributed by atoms with Gasteiger partial charge in [0.05, 0.1) is 12.0 Å². The van der Waals surface area contributed by atoms with Crippen molar-refractivity contribution in [3.05, 3.63) is 12.3 Å². The Morgan fingerprint density at radius 3 is 2.81 bits per heavy atom. The fourth-order valence-corrected chi connectivity index (χ4v) is 3.48. The monoisotopic (exact) mass is 316 g/mol. The van der Waals surface area contributed by atoms with E-state index in [2.05, 4.69) is 36.5 Å². The van der Waals surface area contributed by atoms with Gasteiger partial charge in [0.25, 0.3) is 0 Å². The lowest BCUT2D eigenvalue weighted by molar-refractivity contribution is 0.000693. The molecule has 7 heteroatoms. The highest BCUT2D eigenvalue weighted by atomic mass is 31.2. The molecule has 118 valence electrons. The first-order valence-corrected chi connectivity index (χ1v) is 9.93. The van der Waals surface area contributed by atoms with E-state index < -0.39 is 43.3 Å². The van der Waals surface area contributed by atoms with Crippen LogP contribution in [0.4, 0.5) is 9.18 Å². The first-order valence-electron chi connectivity index (χ1n) is 6.88. The Balaban J connectivity index is 2.06. The fourth-order valence-electron chi connectivity index (χ4n) is 2.53. The molecular weight excluding hydrogens is 294 g/mol.